The van der Waals surface area contributed by atoms with Crippen molar-refractivity contribution in [1.29, 1.82) is 0 Å². The van der Waals surface area contributed by atoms with Crippen LogP contribution in [0, 0.1) is 0 Å². The second-order valence-electron chi connectivity index (χ2n) is 9.85. The fourth-order valence-corrected chi connectivity index (χ4v) is 4.46. The first-order valence-electron chi connectivity index (χ1n) is 14.4. The topological polar surface area (TPSA) is 75.3 Å². The zero-order valence-electron chi connectivity index (χ0n) is 21.7. The first kappa shape index (κ1) is 31.4. The largest absolute Gasteiger partial charge is 0.480 e. The molecule has 32 heavy (non-hydrogen) atoms. The summed E-state index contributed by atoms with van der Waals surface area (Å²) in [5.41, 5.74) is 5.48. The average Bonchev–Trinajstić information content (AvgIpc) is 2.78. The summed E-state index contributed by atoms with van der Waals surface area (Å²) in [6.07, 6.45) is 30.2. The van der Waals surface area contributed by atoms with Crippen LogP contribution in [0.5, 0.6) is 0 Å². The number of aliphatic carboxylic acids is 1. The lowest BCUT2D eigenvalue weighted by molar-refractivity contribution is -0.139. The van der Waals surface area contributed by atoms with Crippen molar-refractivity contribution < 1.29 is 9.90 Å². The van der Waals surface area contributed by atoms with Gasteiger partial charge in [0.15, 0.2) is 0 Å². The molecular weight excluding hydrogens is 396 g/mol. The number of carbonyl (C=O) groups is 1. The molecule has 4 nitrogen and oxygen atoms in total. The molecule has 0 bridgehead atoms. The molecule has 0 aromatic rings. The summed E-state index contributed by atoms with van der Waals surface area (Å²) in [5.74, 6) is -0.727. The van der Waals surface area contributed by atoms with Crippen molar-refractivity contribution in [1.82, 2.24) is 5.32 Å². The molecule has 0 heterocycles. The van der Waals surface area contributed by atoms with Gasteiger partial charge in [0.1, 0.15) is 6.04 Å². The fourth-order valence-electron chi connectivity index (χ4n) is 4.46. The first-order valence-corrected chi connectivity index (χ1v) is 14.4. The van der Waals surface area contributed by atoms with E-state index in [-0.39, 0.29) is 0 Å². The molecule has 0 fully saturated rings. The van der Waals surface area contributed by atoms with Gasteiger partial charge in [-0.05, 0) is 32.4 Å². The molecule has 4 heteroatoms. The number of unbranched alkanes of at least 4 members (excludes halogenated alkanes) is 20. The van der Waals surface area contributed by atoms with E-state index in [9.17, 15) is 9.90 Å². The normalized spacial score (nSPS) is 12.3. The van der Waals surface area contributed by atoms with Gasteiger partial charge in [-0.15, -0.1) is 0 Å². The summed E-state index contributed by atoms with van der Waals surface area (Å²) in [7, 11) is 0. The average molecular weight is 455 g/mol. The van der Waals surface area contributed by atoms with E-state index in [0.717, 1.165) is 25.8 Å². The molecule has 0 aliphatic carbocycles. The number of hydrogen-bond donors (Lipinski definition) is 3. The van der Waals surface area contributed by atoms with Crippen molar-refractivity contribution in [2.24, 2.45) is 5.73 Å². The first-order chi connectivity index (χ1) is 15.7. The Hall–Kier alpha value is -0.610. The molecule has 0 saturated carbocycles. The molecule has 0 rings (SSSR count). The van der Waals surface area contributed by atoms with E-state index in [4.69, 9.17) is 5.73 Å². The Kier molecular flexibility index (Phi) is 26.1. The molecule has 0 aliphatic heterocycles. The molecule has 1 atom stereocenters. The van der Waals surface area contributed by atoms with Crippen molar-refractivity contribution in [2.45, 2.75) is 161 Å². The van der Waals surface area contributed by atoms with Gasteiger partial charge in [0.2, 0.25) is 0 Å². The molecule has 0 amide bonds. The lowest BCUT2D eigenvalue weighted by atomic mass is 10.0. The molecule has 192 valence electrons. The van der Waals surface area contributed by atoms with Gasteiger partial charge in [0, 0.05) is 0 Å². The van der Waals surface area contributed by atoms with Gasteiger partial charge in [0.25, 0.3) is 0 Å². The molecule has 0 unspecified atom stereocenters. The highest BCUT2D eigenvalue weighted by atomic mass is 16.4. The lowest BCUT2D eigenvalue weighted by Gasteiger charge is -2.14. The van der Waals surface area contributed by atoms with Crippen LogP contribution in [0.25, 0.3) is 0 Å². The van der Waals surface area contributed by atoms with Crippen LogP contribution in [0.4, 0.5) is 0 Å². The third-order valence-corrected chi connectivity index (χ3v) is 6.67. The summed E-state index contributed by atoms with van der Waals surface area (Å²) < 4.78 is 0. The van der Waals surface area contributed by atoms with Crippen molar-refractivity contribution in [3.63, 3.8) is 0 Å². The molecule has 0 aliphatic rings. The van der Waals surface area contributed by atoms with Crippen LogP contribution in [0.3, 0.4) is 0 Å². The van der Waals surface area contributed by atoms with Crippen LogP contribution in [-0.2, 0) is 4.79 Å². The van der Waals surface area contributed by atoms with E-state index < -0.39 is 12.0 Å². The Labute approximate surface area is 200 Å². The molecule has 4 N–H and O–H groups in total. The number of carboxylic acid groups (broad SMARTS) is 1. The quantitative estimate of drug-likeness (QED) is 0.110. The molecule has 0 radical (unpaired) electrons. The summed E-state index contributed by atoms with van der Waals surface area (Å²) in [6, 6.07) is -0.401. The Morgan fingerprint density at radius 2 is 1.00 bits per heavy atom. The summed E-state index contributed by atoms with van der Waals surface area (Å²) in [4.78, 5) is 11.2. The zero-order chi connectivity index (χ0) is 23.5. The Balaban J connectivity index is 3.21. The van der Waals surface area contributed by atoms with E-state index in [1.54, 1.807) is 0 Å². The molecule has 0 aromatic heterocycles. The van der Waals surface area contributed by atoms with Gasteiger partial charge in [0.05, 0.1) is 0 Å². The summed E-state index contributed by atoms with van der Waals surface area (Å²) in [6.45, 7) is 3.75. The minimum absolute atomic E-state index is 0.401. The van der Waals surface area contributed by atoms with E-state index in [1.807, 2.05) is 0 Å². The number of rotatable bonds is 27. The van der Waals surface area contributed by atoms with Gasteiger partial charge in [-0.1, -0.05) is 135 Å². The lowest BCUT2D eigenvalue weighted by Crippen LogP contribution is -2.37. The highest BCUT2D eigenvalue weighted by Gasteiger charge is 2.15. The van der Waals surface area contributed by atoms with E-state index in [0.29, 0.717) is 13.0 Å². The second-order valence-corrected chi connectivity index (χ2v) is 9.85. The maximum atomic E-state index is 11.2. The van der Waals surface area contributed by atoms with Crippen molar-refractivity contribution in [3.05, 3.63) is 0 Å². The molecule has 0 aromatic carbocycles. The minimum atomic E-state index is -0.727. The van der Waals surface area contributed by atoms with Gasteiger partial charge < -0.3 is 16.2 Å². The van der Waals surface area contributed by atoms with Crippen LogP contribution in [-0.4, -0.2) is 30.2 Å². The predicted octanol–water partition coefficient (Wildman–Crippen LogP) is 7.98. The summed E-state index contributed by atoms with van der Waals surface area (Å²) in [5, 5.41) is 12.4. The van der Waals surface area contributed by atoms with E-state index in [2.05, 4.69) is 12.2 Å². The maximum Gasteiger partial charge on any atom is 0.320 e. The van der Waals surface area contributed by atoms with Crippen LogP contribution in [0.1, 0.15) is 155 Å². The third-order valence-electron chi connectivity index (χ3n) is 6.67. The standard InChI is InChI=1S/C28H58N2O2/c1-2-3-4-5-6-7-8-9-10-11-12-13-14-15-16-17-18-19-20-23-26-30-27(28(31)32)24-21-22-25-29/h27,30H,2-26,29H2,1H3,(H,31,32)/t27-/m0/s1. The molecule has 0 spiro atoms. The van der Waals surface area contributed by atoms with Crippen molar-refractivity contribution in [2.75, 3.05) is 13.1 Å². The van der Waals surface area contributed by atoms with Crippen LogP contribution in [0.2, 0.25) is 0 Å². The Bertz CT molecular complexity index is 376. The minimum Gasteiger partial charge on any atom is -0.480 e. The number of carboxylic acids is 1. The van der Waals surface area contributed by atoms with Gasteiger partial charge in [-0.3, -0.25) is 4.79 Å². The number of hydrogen-bond acceptors (Lipinski definition) is 3. The van der Waals surface area contributed by atoms with Gasteiger partial charge in [-0.25, -0.2) is 0 Å². The van der Waals surface area contributed by atoms with E-state index >= 15 is 0 Å². The smallest absolute Gasteiger partial charge is 0.320 e. The molecule has 0 saturated heterocycles. The highest BCUT2D eigenvalue weighted by molar-refractivity contribution is 5.73. The van der Waals surface area contributed by atoms with Crippen LogP contribution >= 0.6 is 0 Å². The fraction of sp³-hybridized carbons (Fsp3) is 0.964. The SMILES string of the molecule is CCCCCCCCCCCCCCCCCCCCCCN[C@@H](CCCCN)C(=O)O. The van der Waals surface area contributed by atoms with Crippen LogP contribution < -0.4 is 11.1 Å². The number of nitrogens with two attached hydrogens (primary N) is 1. The summed E-state index contributed by atoms with van der Waals surface area (Å²) >= 11 is 0. The van der Waals surface area contributed by atoms with E-state index in [1.165, 1.54) is 122 Å². The monoisotopic (exact) mass is 454 g/mol. The van der Waals surface area contributed by atoms with Crippen molar-refractivity contribution >= 4 is 5.97 Å². The maximum absolute atomic E-state index is 11.2. The van der Waals surface area contributed by atoms with Crippen LogP contribution in [0.15, 0.2) is 0 Å². The Morgan fingerprint density at radius 3 is 1.34 bits per heavy atom. The predicted molar refractivity (Wildman–Crippen MR) is 140 cm³/mol. The number of nitrogens with one attached hydrogen (secondary N) is 1. The second kappa shape index (κ2) is 26.6. The highest BCUT2D eigenvalue weighted by Crippen LogP contribution is 2.14. The van der Waals surface area contributed by atoms with Gasteiger partial charge in [-0.2, -0.15) is 0 Å². The van der Waals surface area contributed by atoms with Gasteiger partial charge >= 0.3 is 5.97 Å². The van der Waals surface area contributed by atoms with Crippen molar-refractivity contribution in [3.8, 4) is 0 Å². The zero-order valence-corrected chi connectivity index (χ0v) is 21.7. The molecular formula is C28H58N2O2. The third kappa shape index (κ3) is 24.0. The Morgan fingerprint density at radius 1 is 0.625 bits per heavy atom.